The number of nitrogens with zero attached hydrogens (tertiary/aromatic N) is 2. The maximum absolute atomic E-state index is 12.7. The van der Waals surface area contributed by atoms with Crippen LogP contribution in [0.15, 0.2) is 11.2 Å². The van der Waals surface area contributed by atoms with Crippen LogP contribution in [-0.2, 0) is 16.6 Å². The highest BCUT2D eigenvalue weighted by molar-refractivity contribution is 7.89. The van der Waals surface area contributed by atoms with Gasteiger partial charge in [-0.05, 0) is 31.7 Å². The second-order valence-corrected chi connectivity index (χ2v) is 7.24. The predicted molar refractivity (Wildman–Crippen MR) is 71.0 cm³/mol. The molecule has 0 radical (unpaired) electrons. The van der Waals surface area contributed by atoms with E-state index in [9.17, 15) is 8.42 Å². The molecule has 106 valence electrons. The van der Waals surface area contributed by atoms with Crippen LogP contribution in [0.1, 0.15) is 31.7 Å². The van der Waals surface area contributed by atoms with Crippen LogP contribution in [0.3, 0.4) is 0 Å². The zero-order chi connectivity index (χ0) is 13.5. The van der Waals surface area contributed by atoms with Crippen molar-refractivity contribution in [2.45, 2.75) is 43.8 Å². The van der Waals surface area contributed by atoms with E-state index in [0.29, 0.717) is 19.0 Å². The Morgan fingerprint density at radius 1 is 1.53 bits per heavy atom. The van der Waals surface area contributed by atoms with Crippen molar-refractivity contribution in [3.05, 3.63) is 11.8 Å². The smallest absolute Gasteiger partial charge is 0.260 e. The molecule has 1 saturated carbocycles. The lowest BCUT2D eigenvalue weighted by Gasteiger charge is -2.25. The molecule has 6 nitrogen and oxygen atoms in total. The summed E-state index contributed by atoms with van der Waals surface area (Å²) in [5.41, 5.74) is 0.727. The predicted octanol–water partition coefficient (Wildman–Crippen LogP) is 0.692. The lowest BCUT2D eigenvalue weighted by Crippen LogP contribution is -2.38. The Morgan fingerprint density at radius 3 is 3.00 bits per heavy atom. The average molecular weight is 284 g/mol. The molecule has 1 aliphatic heterocycles. The Kier molecular flexibility index (Phi) is 3.36. The van der Waals surface area contributed by atoms with E-state index in [1.807, 2.05) is 6.92 Å². The lowest BCUT2D eigenvalue weighted by molar-refractivity contribution is 0.332. The second kappa shape index (κ2) is 4.88. The van der Waals surface area contributed by atoms with Gasteiger partial charge >= 0.3 is 0 Å². The van der Waals surface area contributed by atoms with Crippen molar-refractivity contribution in [1.29, 1.82) is 0 Å². The van der Waals surface area contributed by atoms with Gasteiger partial charge < -0.3 is 5.32 Å². The standard InChI is InChI=1S/C12H20N4O2S/c1-2-13-6-10-7-14-15-12(10)19(17,18)16-8-9-3-4-11(16)5-9/h7,9,11,13H,2-6,8H2,1H3,(H,14,15). The normalized spacial score (nSPS) is 27.2. The van der Waals surface area contributed by atoms with Gasteiger partial charge in [0, 0.05) is 24.7 Å². The summed E-state index contributed by atoms with van der Waals surface area (Å²) in [5, 5.41) is 9.99. The molecule has 0 spiro atoms. The van der Waals surface area contributed by atoms with Crippen LogP contribution in [-0.4, -0.2) is 42.1 Å². The molecule has 1 aliphatic carbocycles. The molecule has 7 heteroatoms. The monoisotopic (exact) mass is 284 g/mol. The summed E-state index contributed by atoms with van der Waals surface area (Å²) in [4.78, 5) is 0. The number of rotatable bonds is 5. The third kappa shape index (κ3) is 2.19. The van der Waals surface area contributed by atoms with E-state index in [1.54, 1.807) is 10.5 Å². The Bertz CT molecular complexity index is 554. The average Bonchev–Trinajstić information content (AvgIpc) is 3.11. The molecule has 1 aromatic heterocycles. The number of aromatic amines is 1. The molecule has 2 bridgehead atoms. The molecule has 3 rings (SSSR count). The minimum absolute atomic E-state index is 0.199. The van der Waals surface area contributed by atoms with Gasteiger partial charge in [-0.3, -0.25) is 5.10 Å². The van der Waals surface area contributed by atoms with E-state index in [1.165, 1.54) is 6.42 Å². The Morgan fingerprint density at radius 2 is 2.37 bits per heavy atom. The highest BCUT2D eigenvalue weighted by atomic mass is 32.2. The molecule has 0 amide bonds. The number of piperidine rings is 1. The number of hydrogen-bond donors (Lipinski definition) is 2. The first kappa shape index (κ1) is 13.1. The third-order valence-corrected chi connectivity index (χ3v) is 6.10. The summed E-state index contributed by atoms with van der Waals surface area (Å²) in [5.74, 6) is 0.555. The number of hydrogen-bond acceptors (Lipinski definition) is 4. The first-order valence-corrected chi connectivity index (χ1v) is 8.31. The minimum atomic E-state index is -3.41. The summed E-state index contributed by atoms with van der Waals surface area (Å²) in [6.07, 6.45) is 4.80. The van der Waals surface area contributed by atoms with Gasteiger partial charge in [-0.25, -0.2) is 8.42 Å². The van der Waals surface area contributed by atoms with E-state index in [2.05, 4.69) is 15.5 Å². The van der Waals surface area contributed by atoms with E-state index in [0.717, 1.165) is 24.9 Å². The zero-order valence-electron chi connectivity index (χ0n) is 11.1. The maximum Gasteiger partial charge on any atom is 0.260 e. The third-order valence-electron chi connectivity index (χ3n) is 4.17. The molecule has 2 fully saturated rings. The minimum Gasteiger partial charge on any atom is -0.313 e. The van der Waals surface area contributed by atoms with Gasteiger partial charge in [-0.1, -0.05) is 6.92 Å². The van der Waals surface area contributed by atoms with Crippen LogP contribution in [0.5, 0.6) is 0 Å². The first-order valence-electron chi connectivity index (χ1n) is 6.87. The molecular weight excluding hydrogens is 264 g/mol. The van der Waals surface area contributed by atoms with Crippen LogP contribution in [0.4, 0.5) is 0 Å². The van der Waals surface area contributed by atoms with Crippen molar-refractivity contribution in [2.24, 2.45) is 5.92 Å². The quantitative estimate of drug-likeness (QED) is 0.834. The van der Waals surface area contributed by atoms with Crippen molar-refractivity contribution < 1.29 is 8.42 Å². The molecule has 2 heterocycles. The van der Waals surface area contributed by atoms with Crippen molar-refractivity contribution in [2.75, 3.05) is 13.1 Å². The highest BCUT2D eigenvalue weighted by Crippen LogP contribution is 2.40. The number of fused-ring (bicyclic) bond motifs is 2. The van der Waals surface area contributed by atoms with Crippen LogP contribution in [0.2, 0.25) is 0 Å². The number of nitrogens with one attached hydrogen (secondary N) is 2. The highest BCUT2D eigenvalue weighted by Gasteiger charge is 2.45. The molecule has 2 unspecified atom stereocenters. The summed E-state index contributed by atoms with van der Waals surface area (Å²) in [6, 6.07) is 0.199. The summed E-state index contributed by atoms with van der Waals surface area (Å²) in [7, 11) is -3.41. The van der Waals surface area contributed by atoms with Crippen molar-refractivity contribution in [3.63, 3.8) is 0 Å². The first-order chi connectivity index (χ1) is 9.13. The van der Waals surface area contributed by atoms with E-state index >= 15 is 0 Å². The van der Waals surface area contributed by atoms with Crippen LogP contribution >= 0.6 is 0 Å². The zero-order valence-corrected chi connectivity index (χ0v) is 11.9. The second-order valence-electron chi connectivity index (χ2n) is 5.41. The van der Waals surface area contributed by atoms with Crippen LogP contribution < -0.4 is 5.32 Å². The van der Waals surface area contributed by atoms with Gasteiger partial charge in [0.25, 0.3) is 10.0 Å². The Balaban J connectivity index is 1.86. The van der Waals surface area contributed by atoms with Gasteiger partial charge in [0.05, 0.1) is 6.20 Å². The Labute approximate surface area is 113 Å². The van der Waals surface area contributed by atoms with Crippen LogP contribution in [0, 0.1) is 5.92 Å². The number of H-pyrrole nitrogens is 1. The van der Waals surface area contributed by atoms with Crippen LogP contribution in [0.25, 0.3) is 0 Å². The number of sulfonamides is 1. The van der Waals surface area contributed by atoms with E-state index < -0.39 is 10.0 Å². The molecule has 0 aromatic carbocycles. The van der Waals surface area contributed by atoms with Crippen molar-refractivity contribution in [3.8, 4) is 0 Å². The van der Waals surface area contributed by atoms with Gasteiger partial charge in [0.2, 0.25) is 0 Å². The fourth-order valence-corrected chi connectivity index (χ4v) is 5.05. The summed E-state index contributed by atoms with van der Waals surface area (Å²) < 4.78 is 27.1. The largest absolute Gasteiger partial charge is 0.313 e. The fourth-order valence-electron chi connectivity index (χ4n) is 3.20. The molecule has 2 atom stereocenters. The summed E-state index contributed by atoms with van der Waals surface area (Å²) in [6.45, 7) is 4.00. The maximum atomic E-state index is 12.7. The number of aromatic nitrogens is 2. The Hall–Kier alpha value is -0.920. The van der Waals surface area contributed by atoms with Gasteiger partial charge in [-0.15, -0.1) is 0 Å². The molecule has 19 heavy (non-hydrogen) atoms. The van der Waals surface area contributed by atoms with E-state index in [-0.39, 0.29) is 11.1 Å². The molecule has 2 aliphatic rings. The lowest BCUT2D eigenvalue weighted by atomic mass is 10.1. The van der Waals surface area contributed by atoms with E-state index in [4.69, 9.17) is 0 Å². The van der Waals surface area contributed by atoms with Gasteiger partial charge in [0.1, 0.15) is 0 Å². The molecular formula is C12H20N4O2S. The molecule has 1 aromatic rings. The molecule has 1 saturated heterocycles. The van der Waals surface area contributed by atoms with Crippen molar-refractivity contribution in [1.82, 2.24) is 19.8 Å². The SMILES string of the molecule is CCNCc1cn[nH]c1S(=O)(=O)N1CC2CCC1C2. The van der Waals surface area contributed by atoms with Gasteiger partial charge in [-0.2, -0.15) is 9.40 Å². The topological polar surface area (TPSA) is 78.1 Å². The fraction of sp³-hybridized carbons (Fsp3) is 0.750. The summed E-state index contributed by atoms with van der Waals surface area (Å²) >= 11 is 0. The molecule has 2 N–H and O–H groups in total. The van der Waals surface area contributed by atoms with Gasteiger partial charge in [0.15, 0.2) is 5.03 Å². The van der Waals surface area contributed by atoms with Crippen molar-refractivity contribution >= 4 is 10.0 Å².